The molecule has 1 aliphatic rings. The highest BCUT2D eigenvalue weighted by Gasteiger charge is 2.20. The number of benzene rings is 1. The van der Waals surface area contributed by atoms with Crippen LogP contribution in [0.5, 0.6) is 0 Å². The van der Waals surface area contributed by atoms with Crippen molar-refractivity contribution in [2.75, 3.05) is 6.61 Å². The van der Waals surface area contributed by atoms with Gasteiger partial charge in [-0.2, -0.15) is 5.10 Å². The average Bonchev–Trinajstić information content (AvgIpc) is 2.92. The fourth-order valence-corrected chi connectivity index (χ4v) is 2.70. The van der Waals surface area contributed by atoms with Gasteiger partial charge in [-0.05, 0) is 37.5 Å². The van der Waals surface area contributed by atoms with Gasteiger partial charge >= 0.3 is 0 Å². The third kappa shape index (κ3) is 2.73. The molecule has 1 aromatic carbocycles. The molecule has 2 heterocycles. The molecule has 0 spiro atoms. The maximum absolute atomic E-state index is 9.52. The molecule has 0 saturated carbocycles. The van der Waals surface area contributed by atoms with E-state index in [0.717, 1.165) is 42.8 Å². The molecule has 1 saturated heterocycles. The molecule has 1 aromatic heterocycles. The number of hydrogen-bond acceptors (Lipinski definition) is 3. The van der Waals surface area contributed by atoms with Gasteiger partial charge in [-0.3, -0.25) is 0 Å². The van der Waals surface area contributed by atoms with Crippen LogP contribution in [0.25, 0.3) is 11.3 Å². The molecule has 4 nitrogen and oxygen atoms in total. The Bertz CT molecular complexity index is 591. The van der Waals surface area contributed by atoms with Crippen LogP contribution < -0.4 is 0 Å². The summed E-state index contributed by atoms with van der Waals surface area (Å²) in [6, 6.07) is 9.45. The number of hydrogen-bond donors (Lipinski definition) is 1. The number of ether oxygens (including phenoxy) is 1. The first kappa shape index (κ1) is 13.6. The highest BCUT2D eigenvalue weighted by Crippen LogP contribution is 2.28. The first-order valence-corrected chi connectivity index (χ1v) is 7.22. The molecule has 106 valence electrons. The molecule has 0 aliphatic carbocycles. The van der Waals surface area contributed by atoms with Crippen LogP contribution in [0.1, 0.15) is 31.2 Å². The standard InChI is InChI=1S/C15H17ClN2O2/c16-12-5-3-4-11(8-12)14-9-13(10-19)18(17-14)15-6-1-2-7-20-15/h3-5,8-9,15,19H,1-2,6-7,10H2. The van der Waals surface area contributed by atoms with Gasteiger partial charge in [-0.1, -0.05) is 23.7 Å². The van der Waals surface area contributed by atoms with Crippen molar-refractivity contribution in [3.8, 4) is 11.3 Å². The van der Waals surface area contributed by atoms with Crippen molar-refractivity contribution in [3.63, 3.8) is 0 Å². The molecular weight excluding hydrogens is 276 g/mol. The molecule has 1 aliphatic heterocycles. The predicted octanol–water partition coefficient (Wildman–Crippen LogP) is 3.39. The number of aliphatic hydroxyl groups excluding tert-OH is 1. The third-order valence-electron chi connectivity index (χ3n) is 3.52. The van der Waals surface area contributed by atoms with Crippen molar-refractivity contribution in [2.45, 2.75) is 32.1 Å². The van der Waals surface area contributed by atoms with E-state index in [4.69, 9.17) is 16.3 Å². The molecule has 1 fully saturated rings. The lowest BCUT2D eigenvalue weighted by Gasteiger charge is -2.24. The fourth-order valence-electron chi connectivity index (χ4n) is 2.51. The zero-order chi connectivity index (χ0) is 13.9. The van der Waals surface area contributed by atoms with Gasteiger partial charge in [0.25, 0.3) is 0 Å². The summed E-state index contributed by atoms with van der Waals surface area (Å²) < 4.78 is 7.54. The van der Waals surface area contributed by atoms with Crippen molar-refractivity contribution in [2.24, 2.45) is 0 Å². The van der Waals surface area contributed by atoms with Gasteiger partial charge < -0.3 is 9.84 Å². The second-order valence-electron chi connectivity index (χ2n) is 4.96. The summed E-state index contributed by atoms with van der Waals surface area (Å²) in [5.41, 5.74) is 2.53. The maximum atomic E-state index is 9.52. The summed E-state index contributed by atoms with van der Waals surface area (Å²) in [6.07, 6.45) is 3.08. The van der Waals surface area contributed by atoms with E-state index in [9.17, 15) is 5.11 Å². The lowest BCUT2D eigenvalue weighted by atomic mass is 10.1. The Hall–Kier alpha value is -1.36. The topological polar surface area (TPSA) is 47.3 Å². The molecule has 20 heavy (non-hydrogen) atoms. The number of aromatic nitrogens is 2. The highest BCUT2D eigenvalue weighted by molar-refractivity contribution is 6.30. The molecule has 1 unspecified atom stereocenters. The van der Waals surface area contributed by atoms with E-state index in [2.05, 4.69) is 5.10 Å². The Morgan fingerprint density at radius 3 is 2.95 bits per heavy atom. The lowest BCUT2D eigenvalue weighted by molar-refractivity contribution is -0.0425. The SMILES string of the molecule is OCc1cc(-c2cccc(Cl)c2)nn1C1CCCCO1. The normalized spacial score (nSPS) is 19.2. The zero-order valence-electron chi connectivity index (χ0n) is 11.1. The van der Waals surface area contributed by atoms with Gasteiger partial charge in [0.05, 0.1) is 18.0 Å². The molecule has 3 rings (SSSR count). The number of nitrogens with zero attached hydrogens (tertiary/aromatic N) is 2. The minimum atomic E-state index is -0.0705. The fraction of sp³-hybridized carbons (Fsp3) is 0.400. The predicted molar refractivity (Wildman–Crippen MR) is 77.4 cm³/mol. The van der Waals surface area contributed by atoms with Gasteiger partial charge in [0, 0.05) is 17.2 Å². The summed E-state index contributed by atoms with van der Waals surface area (Å²) in [5, 5.41) is 14.8. The molecule has 2 aromatic rings. The van der Waals surface area contributed by atoms with E-state index in [1.807, 2.05) is 30.3 Å². The number of aliphatic hydroxyl groups is 1. The minimum Gasteiger partial charge on any atom is -0.390 e. The second kappa shape index (κ2) is 5.95. The summed E-state index contributed by atoms with van der Waals surface area (Å²) in [6.45, 7) is 0.704. The van der Waals surface area contributed by atoms with Gasteiger partial charge in [-0.15, -0.1) is 0 Å². The van der Waals surface area contributed by atoms with Crippen LogP contribution in [0.15, 0.2) is 30.3 Å². The van der Waals surface area contributed by atoms with Crippen molar-refractivity contribution in [1.29, 1.82) is 0 Å². The minimum absolute atomic E-state index is 0.0482. The lowest BCUT2D eigenvalue weighted by Crippen LogP contribution is -2.21. The van der Waals surface area contributed by atoms with E-state index in [-0.39, 0.29) is 12.8 Å². The first-order valence-electron chi connectivity index (χ1n) is 6.85. The van der Waals surface area contributed by atoms with E-state index >= 15 is 0 Å². The Labute approximate surface area is 122 Å². The van der Waals surface area contributed by atoms with Crippen LogP contribution in [-0.4, -0.2) is 21.5 Å². The van der Waals surface area contributed by atoms with Crippen LogP contribution in [0, 0.1) is 0 Å². The van der Waals surface area contributed by atoms with Crippen molar-refractivity contribution in [3.05, 3.63) is 41.0 Å². The summed E-state index contributed by atoms with van der Waals surface area (Å²) in [5.74, 6) is 0. The van der Waals surface area contributed by atoms with Crippen LogP contribution in [0.3, 0.4) is 0 Å². The van der Waals surface area contributed by atoms with Gasteiger partial charge in [-0.25, -0.2) is 4.68 Å². The van der Waals surface area contributed by atoms with Crippen molar-refractivity contribution in [1.82, 2.24) is 9.78 Å². The smallest absolute Gasteiger partial charge is 0.150 e. The van der Waals surface area contributed by atoms with Gasteiger partial charge in [0.1, 0.15) is 0 Å². The van der Waals surface area contributed by atoms with E-state index in [1.54, 1.807) is 4.68 Å². The maximum Gasteiger partial charge on any atom is 0.150 e. The summed E-state index contributed by atoms with van der Waals surface area (Å²) in [7, 11) is 0. The van der Waals surface area contributed by atoms with Crippen LogP contribution >= 0.6 is 11.6 Å². The Morgan fingerprint density at radius 2 is 2.25 bits per heavy atom. The van der Waals surface area contributed by atoms with Crippen molar-refractivity contribution >= 4 is 11.6 Å². The molecule has 5 heteroatoms. The monoisotopic (exact) mass is 292 g/mol. The summed E-state index contributed by atoms with van der Waals surface area (Å²) >= 11 is 6.02. The number of rotatable bonds is 3. The van der Waals surface area contributed by atoms with Gasteiger partial charge in [0.15, 0.2) is 6.23 Å². The van der Waals surface area contributed by atoms with E-state index < -0.39 is 0 Å². The van der Waals surface area contributed by atoms with Crippen LogP contribution in [-0.2, 0) is 11.3 Å². The molecule has 0 amide bonds. The Balaban J connectivity index is 1.95. The molecular formula is C15H17ClN2O2. The van der Waals surface area contributed by atoms with E-state index in [0.29, 0.717) is 5.02 Å². The first-order chi connectivity index (χ1) is 9.78. The van der Waals surface area contributed by atoms with Crippen LogP contribution in [0.2, 0.25) is 5.02 Å². The summed E-state index contributed by atoms with van der Waals surface area (Å²) in [4.78, 5) is 0. The number of halogens is 1. The van der Waals surface area contributed by atoms with Gasteiger partial charge in [0.2, 0.25) is 0 Å². The van der Waals surface area contributed by atoms with Crippen molar-refractivity contribution < 1.29 is 9.84 Å². The third-order valence-corrected chi connectivity index (χ3v) is 3.76. The molecule has 1 atom stereocenters. The molecule has 0 radical (unpaired) electrons. The molecule has 1 N–H and O–H groups in total. The second-order valence-corrected chi connectivity index (χ2v) is 5.39. The quantitative estimate of drug-likeness (QED) is 0.943. The Kier molecular flexibility index (Phi) is 4.05. The Morgan fingerprint density at radius 1 is 1.35 bits per heavy atom. The molecule has 0 bridgehead atoms. The zero-order valence-corrected chi connectivity index (χ0v) is 11.9. The van der Waals surface area contributed by atoms with E-state index in [1.165, 1.54) is 0 Å². The average molecular weight is 293 g/mol. The highest BCUT2D eigenvalue weighted by atomic mass is 35.5. The largest absolute Gasteiger partial charge is 0.390 e. The van der Waals surface area contributed by atoms with Crippen LogP contribution in [0.4, 0.5) is 0 Å².